The summed E-state index contributed by atoms with van der Waals surface area (Å²) in [5.41, 5.74) is 0. The highest BCUT2D eigenvalue weighted by Gasteiger charge is 2.06. The molecule has 0 aromatic carbocycles. The number of nitrogens with zero attached hydrogens (tertiary/aromatic N) is 1. The van der Waals surface area contributed by atoms with E-state index in [1.54, 1.807) is 13.4 Å². The van der Waals surface area contributed by atoms with Crippen molar-refractivity contribution in [2.75, 3.05) is 7.05 Å². The average molecular weight is 142 g/mol. The van der Waals surface area contributed by atoms with Crippen LogP contribution in [0.2, 0.25) is 0 Å². The standard InChI is InChI=1S/C8H18N2/c1-5-7(2)8(3)10-6-9-4/h6-8H,5H2,1-4H3,(H,9,10)/t7-,8?/m0/s1. The van der Waals surface area contributed by atoms with Gasteiger partial charge in [0.25, 0.3) is 0 Å². The third-order valence-electron chi connectivity index (χ3n) is 1.96. The summed E-state index contributed by atoms with van der Waals surface area (Å²) in [6, 6.07) is 0.536. The second-order valence-corrected chi connectivity index (χ2v) is 2.73. The van der Waals surface area contributed by atoms with Gasteiger partial charge in [-0.25, -0.2) is 0 Å². The summed E-state index contributed by atoms with van der Waals surface area (Å²) in [4.78, 5) is 3.86. The Hall–Kier alpha value is -0.530. The monoisotopic (exact) mass is 142 g/mol. The minimum Gasteiger partial charge on any atom is -0.374 e. The molecule has 0 heterocycles. The Morgan fingerprint density at radius 1 is 1.50 bits per heavy atom. The molecule has 1 unspecified atom stereocenters. The van der Waals surface area contributed by atoms with Crippen LogP contribution in [0, 0.1) is 5.92 Å². The van der Waals surface area contributed by atoms with Gasteiger partial charge in [0.2, 0.25) is 0 Å². The van der Waals surface area contributed by atoms with Gasteiger partial charge < -0.3 is 5.32 Å². The fourth-order valence-corrected chi connectivity index (χ4v) is 0.710. The largest absolute Gasteiger partial charge is 0.374 e. The summed E-state index contributed by atoms with van der Waals surface area (Å²) in [5.74, 6) is 0.720. The first-order valence-corrected chi connectivity index (χ1v) is 3.89. The molecule has 2 heteroatoms. The van der Waals surface area contributed by atoms with Gasteiger partial charge in [-0.2, -0.15) is 0 Å². The van der Waals surface area contributed by atoms with Crippen molar-refractivity contribution in [3.63, 3.8) is 0 Å². The Kier molecular flexibility index (Phi) is 4.99. The van der Waals surface area contributed by atoms with Gasteiger partial charge in [-0.3, -0.25) is 4.99 Å². The van der Waals surface area contributed by atoms with Gasteiger partial charge in [0.05, 0.1) is 6.34 Å². The molecule has 2 atom stereocenters. The number of aliphatic imine (C=N–C) groups is 1. The molecule has 1 N–H and O–H groups in total. The zero-order valence-corrected chi connectivity index (χ0v) is 7.39. The minimum atomic E-state index is 0.536. The first-order valence-electron chi connectivity index (χ1n) is 3.89. The maximum atomic E-state index is 3.86. The molecule has 0 bridgehead atoms. The minimum absolute atomic E-state index is 0.536. The van der Waals surface area contributed by atoms with E-state index in [1.807, 2.05) is 0 Å². The highest BCUT2D eigenvalue weighted by Crippen LogP contribution is 2.05. The highest BCUT2D eigenvalue weighted by atomic mass is 15.0. The van der Waals surface area contributed by atoms with E-state index in [2.05, 4.69) is 31.1 Å². The van der Waals surface area contributed by atoms with Crippen LogP contribution in [0.5, 0.6) is 0 Å². The Morgan fingerprint density at radius 2 is 2.10 bits per heavy atom. The first kappa shape index (κ1) is 9.47. The quantitative estimate of drug-likeness (QED) is 0.468. The van der Waals surface area contributed by atoms with E-state index in [1.165, 1.54) is 6.42 Å². The molecule has 0 fully saturated rings. The molecule has 0 saturated carbocycles. The van der Waals surface area contributed by atoms with Crippen molar-refractivity contribution < 1.29 is 0 Å². The van der Waals surface area contributed by atoms with Crippen molar-refractivity contribution >= 4 is 6.34 Å². The second-order valence-electron chi connectivity index (χ2n) is 2.73. The van der Waals surface area contributed by atoms with E-state index in [0.717, 1.165) is 5.92 Å². The smallest absolute Gasteiger partial charge is 0.0822 e. The lowest BCUT2D eigenvalue weighted by molar-refractivity contribution is 0.440. The molecule has 0 aromatic heterocycles. The Balaban J connectivity index is 3.50. The fraction of sp³-hybridized carbons (Fsp3) is 0.875. The Bertz CT molecular complexity index is 99.4. The summed E-state index contributed by atoms with van der Waals surface area (Å²) >= 11 is 0. The Labute approximate surface area is 63.7 Å². The maximum absolute atomic E-state index is 3.86. The number of hydrogen-bond acceptors (Lipinski definition) is 1. The van der Waals surface area contributed by atoms with Gasteiger partial charge in [0, 0.05) is 13.1 Å². The van der Waals surface area contributed by atoms with E-state index < -0.39 is 0 Å². The molecule has 0 radical (unpaired) electrons. The van der Waals surface area contributed by atoms with Gasteiger partial charge in [0.1, 0.15) is 0 Å². The maximum Gasteiger partial charge on any atom is 0.0822 e. The molecular formula is C8H18N2. The van der Waals surface area contributed by atoms with Crippen molar-refractivity contribution in [1.29, 1.82) is 0 Å². The lowest BCUT2D eigenvalue weighted by atomic mass is 10.0. The van der Waals surface area contributed by atoms with E-state index in [-0.39, 0.29) is 0 Å². The van der Waals surface area contributed by atoms with E-state index in [9.17, 15) is 0 Å². The molecular weight excluding hydrogens is 124 g/mol. The molecule has 0 amide bonds. The normalized spacial score (nSPS) is 17.2. The van der Waals surface area contributed by atoms with Crippen LogP contribution in [0.4, 0.5) is 0 Å². The van der Waals surface area contributed by atoms with Crippen molar-refractivity contribution in [2.24, 2.45) is 10.9 Å². The van der Waals surface area contributed by atoms with Gasteiger partial charge in [-0.1, -0.05) is 20.3 Å². The van der Waals surface area contributed by atoms with Crippen molar-refractivity contribution in [3.05, 3.63) is 0 Å². The molecule has 0 saturated heterocycles. The van der Waals surface area contributed by atoms with Crippen LogP contribution in [0.1, 0.15) is 27.2 Å². The average Bonchev–Trinajstić information content (AvgIpc) is 1.98. The van der Waals surface area contributed by atoms with Gasteiger partial charge in [-0.15, -0.1) is 0 Å². The second kappa shape index (κ2) is 5.27. The SMILES string of the molecule is CC[C@H](C)C(C)NC=NC. The van der Waals surface area contributed by atoms with Crippen molar-refractivity contribution in [3.8, 4) is 0 Å². The van der Waals surface area contributed by atoms with Gasteiger partial charge >= 0.3 is 0 Å². The van der Waals surface area contributed by atoms with Crippen molar-refractivity contribution in [2.45, 2.75) is 33.2 Å². The van der Waals surface area contributed by atoms with Crippen LogP contribution in [0.25, 0.3) is 0 Å². The molecule has 60 valence electrons. The molecule has 2 nitrogen and oxygen atoms in total. The third-order valence-corrected chi connectivity index (χ3v) is 1.96. The molecule has 0 spiro atoms. The van der Waals surface area contributed by atoms with Crippen LogP contribution >= 0.6 is 0 Å². The lowest BCUT2D eigenvalue weighted by Crippen LogP contribution is -2.30. The topological polar surface area (TPSA) is 24.4 Å². The number of nitrogens with one attached hydrogen (secondary N) is 1. The molecule has 0 rings (SSSR count). The van der Waals surface area contributed by atoms with E-state index in [4.69, 9.17) is 0 Å². The predicted molar refractivity (Wildman–Crippen MR) is 46.5 cm³/mol. The molecule has 0 aliphatic heterocycles. The third kappa shape index (κ3) is 3.49. The first-order chi connectivity index (χ1) is 4.72. The van der Waals surface area contributed by atoms with E-state index >= 15 is 0 Å². The Morgan fingerprint density at radius 3 is 2.50 bits per heavy atom. The highest BCUT2D eigenvalue weighted by molar-refractivity contribution is 5.54. The number of hydrogen-bond donors (Lipinski definition) is 1. The van der Waals surface area contributed by atoms with Crippen LogP contribution in [-0.4, -0.2) is 19.4 Å². The van der Waals surface area contributed by atoms with Gasteiger partial charge in [-0.05, 0) is 12.8 Å². The zero-order chi connectivity index (χ0) is 7.98. The molecule has 0 aliphatic rings. The summed E-state index contributed by atoms with van der Waals surface area (Å²) in [7, 11) is 1.77. The van der Waals surface area contributed by atoms with E-state index in [0.29, 0.717) is 6.04 Å². The van der Waals surface area contributed by atoms with Gasteiger partial charge in [0.15, 0.2) is 0 Å². The van der Waals surface area contributed by atoms with Crippen molar-refractivity contribution in [1.82, 2.24) is 5.32 Å². The number of rotatable bonds is 4. The summed E-state index contributed by atoms with van der Waals surface area (Å²) in [6.07, 6.45) is 2.97. The van der Waals surface area contributed by atoms with Crippen LogP contribution < -0.4 is 5.32 Å². The lowest BCUT2D eigenvalue weighted by Gasteiger charge is -2.17. The van der Waals surface area contributed by atoms with Crippen LogP contribution in [-0.2, 0) is 0 Å². The fourth-order valence-electron chi connectivity index (χ4n) is 0.710. The summed E-state index contributed by atoms with van der Waals surface area (Å²) < 4.78 is 0. The summed E-state index contributed by atoms with van der Waals surface area (Å²) in [5, 5.41) is 3.19. The molecule has 10 heavy (non-hydrogen) atoms. The molecule has 0 aliphatic carbocycles. The zero-order valence-electron chi connectivity index (χ0n) is 7.39. The summed E-state index contributed by atoms with van der Waals surface area (Å²) in [6.45, 7) is 6.61. The predicted octanol–water partition coefficient (Wildman–Crippen LogP) is 1.67. The van der Waals surface area contributed by atoms with Crippen LogP contribution in [0.3, 0.4) is 0 Å². The van der Waals surface area contributed by atoms with Crippen LogP contribution in [0.15, 0.2) is 4.99 Å². The molecule has 0 aromatic rings.